The summed E-state index contributed by atoms with van der Waals surface area (Å²) in [6.45, 7) is 4.82. The minimum atomic E-state index is -0.178. The fraction of sp³-hybridized carbons (Fsp3) is 0.692. The number of rotatable bonds is 3. The maximum atomic E-state index is 11.6. The van der Waals surface area contributed by atoms with Gasteiger partial charge in [-0.15, -0.1) is 0 Å². The third kappa shape index (κ3) is 2.14. The zero-order chi connectivity index (χ0) is 12.5. The van der Waals surface area contributed by atoms with Crippen LogP contribution in [0.4, 0.5) is 0 Å². The van der Waals surface area contributed by atoms with Crippen LogP contribution >= 0.6 is 0 Å². The quantitative estimate of drug-likeness (QED) is 0.701. The molecule has 94 valence electrons. The summed E-state index contributed by atoms with van der Waals surface area (Å²) in [5.41, 5.74) is -0.161. The van der Waals surface area contributed by atoms with Crippen LogP contribution in [0.1, 0.15) is 39.5 Å². The van der Waals surface area contributed by atoms with Gasteiger partial charge in [0, 0.05) is 24.8 Å². The van der Waals surface area contributed by atoms with E-state index in [0.29, 0.717) is 6.61 Å². The van der Waals surface area contributed by atoms with E-state index < -0.39 is 0 Å². The van der Waals surface area contributed by atoms with Crippen molar-refractivity contribution in [1.82, 2.24) is 4.90 Å². The number of hydrogen-bond acceptors (Lipinski definition) is 3. The van der Waals surface area contributed by atoms with Gasteiger partial charge in [0.05, 0.1) is 5.60 Å². The Bertz CT molecular complexity index is 340. The second-order valence-electron chi connectivity index (χ2n) is 4.77. The number of ether oxygens (including phenoxy) is 1. The Kier molecular flexibility index (Phi) is 3.33. The maximum Gasteiger partial charge on any atom is 0.253 e. The van der Waals surface area contributed by atoms with Gasteiger partial charge in [-0.1, -0.05) is 13.8 Å². The summed E-state index contributed by atoms with van der Waals surface area (Å²) in [6, 6.07) is -0.00125. The van der Waals surface area contributed by atoms with Gasteiger partial charge in [-0.25, -0.2) is 0 Å². The zero-order valence-electron chi connectivity index (χ0n) is 10.4. The lowest BCUT2D eigenvalue weighted by Crippen LogP contribution is -2.50. The van der Waals surface area contributed by atoms with Crippen LogP contribution < -0.4 is 0 Å². The van der Waals surface area contributed by atoms with Gasteiger partial charge in [0.1, 0.15) is 0 Å². The van der Waals surface area contributed by atoms with E-state index >= 15 is 0 Å². The third-order valence-corrected chi connectivity index (χ3v) is 3.96. The molecule has 2 rings (SSSR count). The Morgan fingerprint density at radius 1 is 1.29 bits per heavy atom. The van der Waals surface area contributed by atoms with Gasteiger partial charge in [-0.3, -0.25) is 14.5 Å². The molecule has 4 nitrogen and oxygen atoms in total. The van der Waals surface area contributed by atoms with Gasteiger partial charge in [0.15, 0.2) is 0 Å². The number of hydrogen-bond donors (Lipinski definition) is 0. The average Bonchev–Trinajstić information content (AvgIpc) is 2.69. The molecule has 4 heteroatoms. The van der Waals surface area contributed by atoms with E-state index in [4.69, 9.17) is 4.74 Å². The Hall–Kier alpha value is -1.16. The van der Waals surface area contributed by atoms with E-state index in [9.17, 15) is 9.59 Å². The highest BCUT2D eigenvalue weighted by Crippen LogP contribution is 2.34. The topological polar surface area (TPSA) is 46.6 Å². The van der Waals surface area contributed by atoms with Crippen molar-refractivity contribution in [2.45, 2.75) is 51.2 Å². The lowest BCUT2D eigenvalue weighted by molar-refractivity contribution is -0.149. The smallest absolute Gasteiger partial charge is 0.253 e. The molecule has 1 unspecified atom stereocenters. The minimum absolute atomic E-state index is 0.00125. The van der Waals surface area contributed by atoms with Crippen molar-refractivity contribution in [2.75, 3.05) is 6.61 Å². The molecule has 2 amide bonds. The van der Waals surface area contributed by atoms with E-state index in [2.05, 4.69) is 13.8 Å². The van der Waals surface area contributed by atoms with E-state index in [1.54, 1.807) is 0 Å². The molecule has 0 radical (unpaired) electrons. The van der Waals surface area contributed by atoms with E-state index in [1.165, 1.54) is 17.1 Å². The number of carbonyl (C=O) groups excluding carboxylic acids is 2. The van der Waals surface area contributed by atoms with Gasteiger partial charge in [0.25, 0.3) is 11.8 Å². The first-order valence-corrected chi connectivity index (χ1v) is 6.31. The summed E-state index contributed by atoms with van der Waals surface area (Å²) in [7, 11) is 0. The molecule has 1 fully saturated rings. The van der Waals surface area contributed by atoms with Crippen LogP contribution in [0.5, 0.6) is 0 Å². The number of imide groups is 1. The number of carbonyl (C=O) groups is 2. The first-order valence-electron chi connectivity index (χ1n) is 6.31. The zero-order valence-corrected chi connectivity index (χ0v) is 10.4. The fourth-order valence-corrected chi connectivity index (χ4v) is 2.74. The largest absolute Gasteiger partial charge is 0.375 e. The average molecular weight is 237 g/mol. The summed E-state index contributed by atoms with van der Waals surface area (Å²) >= 11 is 0. The molecule has 17 heavy (non-hydrogen) atoms. The highest BCUT2D eigenvalue weighted by molar-refractivity contribution is 6.13. The summed E-state index contributed by atoms with van der Waals surface area (Å²) in [4.78, 5) is 24.7. The first kappa shape index (κ1) is 12.3. The highest BCUT2D eigenvalue weighted by Gasteiger charge is 2.40. The molecule has 0 aromatic heterocycles. The van der Waals surface area contributed by atoms with Crippen molar-refractivity contribution in [3.05, 3.63) is 12.2 Å². The predicted molar refractivity (Wildman–Crippen MR) is 63.3 cm³/mol. The number of amides is 2. The number of nitrogens with zero attached hydrogens (tertiary/aromatic N) is 1. The van der Waals surface area contributed by atoms with Crippen LogP contribution in [0, 0.1) is 0 Å². The molecule has 0 saturated carbocycles. The Morgan fingerprint density at radius 3 is 2.41 bits per heavy atom. The van der Waals surface area contributed by atoms with Gasteiger partial charge in [0.2, 0.25) is 0 Å². The predicted octanol–water partition coefficient (Wildman–Crippen LogP) is 1.65. The molecule has 2 heterocycles. The fourth-order valence-electron chi connectivity index (χ4n) is 2.74. The second-order valence-corrected chi connectivity index (χ2v) is 4.77. The van der Waals surface area contributed by atoms with Gasteiger partial charge in [-0.05, 0) is 25.7 Å². The van der Waals surface area contributed by atoms with Gasteiger partial charge < -0.3 is 4.74 Å². The molecular formula is C13H19NO3. The van der Waals surface area contributed by atoms with Crippen LogP contribution in [0.25, 0.3) is 0 Å². The molecule has 0 bridgehead atoms. The van der Waals surface area contributed by atoms with Crippen LogP contribution in [0.3, 0.4) is 0 Å². The molecular weight excluding hydrogens is 218 g/mol. The lowest BCUT2D eigenvalue weighted by Gasteiger charge is -2.42. The van der Waals surface area contributed by atoms with Crippen molar-refractivity contribution in [1.29, 1.82) is 0 Å². The van der Waals surface area contributed by atoms with Gasteiger partial charge >= 0.3 is 0 Å². The molecule has 0 aromatic carbocycles. The van der Waals surface area contributed by atoms with Crippen LogP contribution in [0.15, 0.2) is 12.2 Å². The molecule has 2 aliphatic heterocycles. The minimum Gasteiger partial charge on any atom is -0.375 e. The maximum absolute atomic E-state index is 11.6. The van der Waals surface area contributed by atoms with E-state index in [0.717, 1.165) is 25.7 Å². The molecule has 0 aromatic rings. The van der Waals surface area contributed by atoms with Gasteiger partial charge in [-0.2, -0.15) is 0 Å². The van der Waals surface area contributed by atoms with E-state index in [-0.39, 0.29) is 23.5 Å². The summed E-state index contributed by atoms with van der Waals surface area (Å²) < 4.78 is 5.85. The third-order valence-electron chi connectivity index (χ3n) is 3.96. The van der Waals surface area contributed by atoms with E-state index in [1.807, 2.05) is 0 Å². The van der Waals surface area contributed by atoms with Crippen molar-refractivity contribution in [2.24, 2.45) is 0 Å². The molecule has 0 aliphatic carbocycles. The monoisotopic (exact) mass is 237 g/mol. The van der Waals surface area contributed by atoms with Crippen molar-refractivity contribution in [3.63, 3.8) is 0 Å². The molecule has 2 aliphatic rings. The normalized spacial score (nSPS) is 27.9. The highest BCUT2D eigenvalue weighted by atomic mass is 16.5. The first-order chi connectivity index (χ1) is 8.12. The Labute approximate surface area is 102 Å². The Balaban J connectivity index is 2.12. The molecule has 1 atom stereocenters. The van der Waals surface area contributed by atoms with Crippen molar-refractivity contribution < 1.29 is 14.3 Å². The van der Waals surface area contributed by atoms with Crippen LogP contribution in [-0.4, -0.2) is 35.0 Å². The second kappa shape index (κ2) is 4.61. The SMILES string of the molecule is CCC1(CC)CC(N2C(=O)C=CC2=O)CCO1. The summed E-state index contributed by atoms with van der Waals surface area (Å²) in [5.74, 6) is -0.356. The Morgan fingerprint density at radius 2 is 1.88 bits per heavy atom. The summed E-state index contributed by atoms with van der Waals surface area (Å²) in [6.07, 6.45) is 6.07. The molecule has 0 spiro atoms. The van der Waals surface area contributed by atoms with Crippen molar-refractivity contribution >= 4 is 11.8 Å². The summed E-state index contributed by atoms with van der Waals surface area (Å²) in [5, 5.41) is 0. The molecule has 1 saturated heterocycles. The van der Waals surface area contributed by atoms with Crippen LogP contribution in [-0.2, 0) is 14.3 Å². The standard InChI is InChI=1S/C13H19NO3/c1-3-13(4-2)9-10(7-8-17-13)14-11(15)5-6-12(14)16/h5-6,10H,3-4,7-9H2,1-2H3. The van der Waals surface area contributed by atoms with Crippen molar-refractivity contribution in [3.8, 4) is 0 Å². The lowest BCUT2D eigenvalue weighted by atomic mass is 9.85. The molecule has 0 N–H and O–H groups in total. The van der Waals surface area contributed by atoms with Crippen LogP contribution in [0.2, 0.25) is 0 Å².